The Morgan fingerprint density at radius 1 is 1.56 bits per heavy atom. The zero-order chi connectivity index (χ0) is 11.5. The molecule has 1 atom stereocenters. The molecule has 1 N–H and O–H groups in total. The van der Waals surface area contributed by atoms with Gasteiger partial charge in [0.15, 0.2) is 11.5 Å². The summed E-state index contributed by atoms with van der Waals surface area (Å²) in [6, 6.07) is 1.90. The van der Waals surface area contributed by atoms with Gasteiger partial charge in [0.05, 0.1) is 0 Å². The number of nitriles is 1. The first-order valence-electron chi connectivity index (χ1n) is 4.88. The summed E-state index contributed by atoms with van der Waals surface area (Å²) < 4.78 is 0. The van der Waals surface area contributed by atoms with Crippen molar-refractivity contribution in [2.75, 3.05) is 18.1 Å². The summed E-state index contributed by atoms with van der Waals surface area (Å²) in [7, 11) is 0. The monoisotopic (exact) mass is 218 g/mol. The first kappa shape index (κ1) is 10.5. The molecule has 6 heteroatoms. The van der Waals surface area contributed by atoms with Crippen LogP contribution in [0.4, 0.5) is 5.82 Å². The van der Waals surface area contributed by atoms with Crippen LogP contribution in [0.1, 0.15) is 12.1 Å². The molecule has 0 radical (unpaired) electrons. The molecular weight excluding hydrogens is 208 g/mol. The van der Waals surface area contributed by atoms with Gasteiger partial charge in [-0.3, -0.25) is 9.69 Å². The fraction of sp³-hybridized carbons (Fsp3) is 0.400. The summed E-state index contributed by atoms with van der Waals surface area (Å²) in [5.74, 6) is 0.0723. The first-order chi connectivity index (χ1) is 7.76. The number of carbonyl (C=O) groups excluding carboxylic acids is 1. The van der Waals surface area contributed by atoms with Crippen LogP contribution in [0.15, 0.2) is 12.4 Å². The molecule has 1 aromatic heterocycles. The van der Waals surface area contributed by atoms with Crippen LogP contribution < -0.4 is 4.90 Å². The van der Waals surface area contributed by atoms with Crippen LogP contribution in [-0.4, -0.2) is 34.1 Å². The lowest BCUT2D eigenvalue weighted by molar-refractivity contribution is -0.117. The molecule has 0 bridgehead atoms. The molecular formula is C10H10N4O2. The number of aromatic nitrogens is 2. The van der Waals surface area contributed by atoms with Gasteiger partial charge in [0.1, 0.15) is 6.07 Å². The SMILES string of the molecule is N#Cc1nccnc1N1CC(CO)CC1=O. The van der Waals surface area contributed by atoms with Gasteiger partial charge in [0.25, 0.3) is 0 Å². The number of hydrogen-bond donors (Lipinski definition) is 1. The molecule has 1 fully saturated rings. The molecule has 1 aliphatic heterocycles. The molecule has 0 aliphatic carbocycles. The second-order valence-corrected chi connectivity index (χ2v) is 3.60. The zero-order valence-electron chi connectivity index (χ0n) is 8.50. The molecule has 1 aliphatic rings. The minimum Gasteiger partial charge on any atom is -0.396 e. The minimum absolute atomic E-state index is 0.0373. The number of aliphatic hydroxyl groups is 1. The maximum absolute atomic E-state index is 11.6. The lowest BCUT2D eigenvalue weighted by atomic mass is 10.1. The highest BCUT2D eigenvalue weighted by molar-refractivity contribution is 5.95. The maximum atomic E-state index is 11.6. The summed E-state index contributed by atoms with van der Waals surface area (Å²) in [5.41, 5.74) is 0.134. The van der Waals surface area contributed by atoms with Gasteiger partial charge < -0.3 is 5.11 Å². The van der Waals surface area contributed by atoms with E-state index in [1.165, 1.54) is 17.3 Å². The summed E-state index contributed by atoms with van der Waals surface area (Å²) in [5, 5.41) is 17.8. The number of aliphatic hydroxyl groups excluding tert-OH is 1. The zero-order valence-corrected chi connectivity index (χ0v) is 8.50. The molecule has 6 nitrogen and oxygen atoms in total. The predicted octanol–water partition coefficient (Wildman–Crippen LogP) is -0.307. The molecule has 0 aromatic carbocycles. The highest BCUT2D eigenvalue weighted by Crippen LogP contribution is 2.24. The van der Waals surface area contributed by atoms with Crippen molar-refractivity contribution in [2.45, 2.75) is 6.42 Å². The van der Waals surface area contributed by atoms with Gasteiger partial charge in [-0.1, -0.05) is 0 Å². The quantitative estimate of drug-likeness (QED) is 0.735. The van der Waals surface area contributed by atoms with E-state index in [1.807, 2.05) is 6.07 Å². The highest BCUT2D eigenvalue weighted by atomic mass is 16.3. The van der Waals surface area contributed by atoms with Crippen molar-refractivity contribution in [1.29, 1.82) is 5.26 Å². The van der Waals surface area contributed by atoms with E-state index in [0.717, 1.165) is 0 Å². The van der Waals surface area contributed by atoms with E-state index >= 15 is 0 Å². The van der Waals surface area contributed by atoms with Crippen molar-refractivity contribution >= 4 is 11.7 Å². The molecule has 1 amide bonds. The Morgan fingerprint density at radius 3 is 2.94 bits per heavy atom. The number of hydrogen-bond acceptors (Lipinski definition) is 5. The smallest absolute Gasteiger partial charge is 0.228 e. The number of nitrogens with zero attached hydrogens (tertiary/aromatic N) is 4. The number of carbonyl (C=O) groups is 1. The Hall–Kier alpha value is -2.00. The summed E-state index contributed by atoms with van der Waals surface area (Å²) >= 11 is 0. The normalized spacial score (nSPS) is 19.9. The maximum Gasteiger partial charge on any atom is 0.228 e. The van der Waals surface area contributed by atoms with Crippen molar-refractivity contribution in [1.82, 2.24) is 9.97 Å². The Labute approximate surface area is 92.2 Å². The second kappa shape index (κ2) is 4.24. The van der Waals surface area contributed by atoms with Crippen molar-refractivity contribution in [3.63, 3.8) is 0 Å². The molecule has 2 heterocycles. The van der Waals surface area contributed by atoms with E-state index in [-0.39, 0.29) is 36.4 Å². The largest absolute Gasteiger partial charge is 0.396 e. The summed E-state index contributed by atoms with van der Waals surface area (Å²) in [6.07, 6.45) is 3.14. The van der Waals surface area contributed by atoms with Crippen molar-refractivity contribution in [2.24, 2.45) is 5.92 Å². The fourth-order valence-corrected chi connectivity index (χ4v) is 1.72. The van der Waals surface area contributed by atoms with Gasteiger partial charge in [0.2, 0.25) is 5.91 Å². The van der Waals surface area contributed by atoms with E-state index < -0.39 is 0 Å². The Kier molecular flexibility index (Phi) is 2.79. The van der Waals surface area contributed by atoms with Crippen LogP contribution in [0.3, 0.4) is 0 Å². The van der Waals surface area contributed by atoms with Gasteiger partial charge in [0, 0.05) is 37.9 Å². The van der Waals surface area contributed by atoms with Gasteiger partial charge in [-0.2, -0.15) is 5.26 Å². The van der Waals surface area contributed by atoms with E-state index in [9.17, 15) is 4.79 Å². The number of anilines is 1. The topological polar surface area (TPSA) is 90.1 Å². The third-order valence-electron chi connectivity index (χ3n) is 2.50. The van der Waals surface area contributed by atoms with Crippen molar-refractivity contribution < 1.29 is 9.90 Å². The second-order valence-electron chi connectivity index (χ2n) is 3.60. The van der Waals surface area contributed by atoms with Gasteiger partial charge >= 0.3 is 0 Å². The number of rotatable bonds is 2. The molecule has 16 heavy (non-hydrogen) atoms. The molecule has 82 valence electrons. The third kappa shape index (κ3) is 1.73. The lowest BCUT2D eigenvalue weighted by Gasteiger charge is -2.15. The van der Waals surface area contributed by atoms with Gasteiger partial charge in [-0.25, -0.2) is 9.97 Å². The van der Waals surface area contributed by atoms with Gasteiger partial charge in [-0.15, -0.1) is 0 Å². The van der Waals surface area contributed by atoms with Crippen LogP contribution >= 0.6 is 0 Å². The van der Waals surface area contributed by atoms with E-state index in [4.69, 9.17) is 10.4 Å². The first-order valence-corrected chi connectivity index (χ1v) is 4.88. The van der Waals surface area contributed by atoms with Crippen LogP contribution in [0, 0.1) is 17.2 Å². The molecule has 0 spiro atoms. The average molecular weight is 218 g/mol. The Bertz CT molecular complexity index is 454. The molecule has 0 saturated carbocycles. The average Bonchev–Trinajstić information content (AvgIpc) is 2.70. The number of amides is 1. The molecule has 1 saturated heterocycles. The van der Waals surface area contributed by atoms with E-state index in [2.05, 4.69) is 9.97 Å². The lowest BCUT2D eigenvalue weighted by Crippen LogP contribution is -2.27. The standard InChI is InChI=1S/C10H10N4O2/c11-4-8-10(13-2-1-12-8)14-5-7(6-15)3-9(14)16/h1-2,7,15H,3,5-6H2. The van der Waals surface area contributed by atoms with Crippen LogP contribution in [0.25, 0.3) is 0 Å². The molecule has 1 unspecified atom stereocenters. The van der Waals surface area contributed by atoms with Crippen molar-refractivity contribution in [3.8, 4) is 6.07 Å². The van der Waals surface area contributed by atoms with E-state index in [0.29, 0.717) is 6.54 Å². The van der Waals surface area contributed by atoms with Crippen LogP contribution in [0.2, 0.25) is 0 Å². The van der Waals surface area contributed by atoms with Crippen LogP contribution in [-0.2, 0) is 4.79 Å². The van der Waals surface area contributed by atoms with E-state index in [1.54, 1.807) is 0 Å². The molecule has 1 aromatic rings. The predicted molar refractivity (Wildman–Crippen MR) is 54.3 cm³/mol. The highest BCUT2D eigenvalue weighted by Gasteiger charge is 2.32. The molecule has 2 rings (SSSR count). The van der Waals surface area contributed by atoms with Gasteiger partial charge in [-0.05, 0) is 0 Å². The third-order valence-corrected chi connectivity index (χ3v) is 2.50. The fourth-order valence-electron chi connectivity index (χ4n) is 1.72. The summed E-state index contributed by atoms with van der Waals surface area (Å²) in [6.45, 7) is 0.354. The van der Waals surface area contributed by atoms with Crippen molar-refractivity contribution in [3.05, 3.63) is 18.1 Å². The minimum atomic E-state index is -0.129. The van der Waals surface area contributed by atoms with Crippen LogP contribution in [0.5, 0.6) is 0 Å². The Balaban J connectivity index is 2.32. The summed E-state index contributed by atoms with van der Waals surface area (Å²) in [4.78, 5) is 20.9. The Morgan fingerprint density at radius 2 is 2.31 bits per heavy atom.